The number of imide groups is 1. The highest BCUT2D eigenvalue weighted by molar-refractivity contribution is 5.87. The zero-order valence-corrected chi connectivity index (χ0v) is 20.5. The van der Waals surface area contributed by atoms with E-state index in [4.69, 9.17) is 19.9 Å². The number of nitrogens with two attached hydrogens (primary N) is 1. The third-order valence-electron chi connectivity index (χ3n) is 4.75. The van der Waals surface area contributed by atoms with Gasteiger partial charge in [-0.15, -0.1) is 0 Å². The van der Waals surface area contributed by atoms with Gasteiger partial charge in [-0.05, 0) is 57.7 Å². The fourth-order valence-corrected chi connectivity index (χ4v) is 2.95. The zero-order valence-electron chi connectivity index (χ0n) is 20.5. The van der Waals surface area contributed by atoms with Gasteiger partial charge in [-0.2, -0.15) is 0 Å². The van der Waals surface area contributed by atoms with Crippen molar-refractivity contribution in [2.24, 2.45) is 5.73 Å². The molecule has 2 N–H and O–H groups in total. The zero-order chi connectivity index (χ0) is 26.7. The number of amides is 2. The molecule has 0 unspecified atom stereocenters. The summed E-state index contributed by atoms with van der Waals surface area (Å²) in [6, 6.07) is 13.1. The molecule has 2 amide bonds. The van der Waals surface area contributed by atoms with E-state index in [0.717, 1.165) is 10.5 Å². The predicted octanol–water partition coefficient (Wildman–Crippen LogP) is 4.57. The molecule has 0 fully saturated rings. The summed E-state index contributed by atoms with van der Waals surface area (Å²) in [5, 5.41) is 10.7. The molecule has 0 aromatic heterocycles. The van der Waals surface area contributed by atoms with Crippen molar-refractivity contribution in [1.82, 2.24) is 4.90 Å². The summed E-state index contributed by atoms with van der Waals surface area (Å²) in [5.41, 5.74) is 5.73. The molecule has 0 aliphatic heterocycles. The molecule has 2 aromatic carbocycles. The van der Waals surface area contributed by atoms with Crippen molar-refractivity contribution in [3.05, 3.63) is 70.3 Å². The molecular formula is C25H31N3O8. The second-order valence-electron chi connectivity index (χ2n) is 8.95. The molecule has 36 heavy (non-hydrogen) atoms. The van der Waals surface area contributed by atoms with E-state index in [1.54, 1.807) is 32.9 Å². The van der Waals surface area contributed by atoms with Gasteiger partial charge >= 0.3 is 18.2 Å². The Kier molecular flexibility index (Phi) is 10.4. The number of non-ortho nitro benzene ring substituents is 1. The van der Waals surface area contributed by atoms with E-state index in [9.17, 15) is 24.5 Å². The van der Waals surface area contributed by atoms with Gasteiger partial charge in [0.05, 0.1) is 4.92 Å². The second-order valence-corrected chi connectivity index (χ2v) is 8.95. The van der Waals surface area contributed by atoms with E-state index in [1.165, 1.54) is 24.3 Å². The Bertz CT molecular complexity index is 1040. The Balaban J connectivity index is 1.86. The first-order chi connectivity index (χ1) is 17.0. The lowest BCUT2D eigenvalue weighted by atomic mass is 10.1. The Morgan fingerprint density at radius 1 is 1.00 bits per heavy atom. The van der Waals surface area contributed by atoms with Gasteiger partial charge in [-0.25, -0.2) is 19.3 Å². The molecule has 0 spiro atoms. The van der Waals surface area contributed by atoms with Crippen molar-refractivity contribution < 1.29 is 33.5 Å². The Morgan fingerprint density at radius 2 is 1.64 bits per heavy atom. The lowest BCUT2D eigenvalue weighted by Gasteiger charge is -2.25. The van der Waals surface area contributed by atoms with Gasteiger partial charge in [-0.1, -0.05) is 30.3 Å². The molecule has 0 heterocycles. The first kappa shape index (κ1) is 28.2. The fourth-order valence-electron chi connectivity index (χ4n) is 2.95. The third-order valence-corrected chi connectivity index (χ3v) is 4.75. The van der Waals surface area contributed by atoms with Crippen molar-refractivity contribution in [1.29, 1.82) is 0 Å². The van der Waals surface area contributed by atoms with Crippen molar-refractivity contribution >= 4 is 23.8 Å². The highest BCUT2D eigenvalue weighted by Crippen LogP contribution is 2.18. The van der Waals surface area contributed by atoms with E-state index < -0.39 is 34.7 Å². The van der Waals surface area contributed by atoms with E-state index in [1.807, 2.05) is 18.2 Å². The van der Waals surface area contributed by atoms with Crippen LogP contribution in [0.3, 0.4) is 0 Å². The molecule has 11 heteroatoms. The summed E-state index contributed by atoms with van der Waals surface area (Å²) < 4.78 is 15.8. The van der Waals surface area contributed by atoms with Crippen LogP contribution in [-0.2, 0) is 20.9 Å². The number of nitro benzene ring substituents is 1. The maximum absolute atomic E-state index is 12.6. The number of ether oxygens (including phenoxy) is 3. The average Bonchev–Trinajstić information content (AvgIpc) is 2.82. The SMILES string of the molecule is CC(C)(C)OC(=O)N(CCCC[C@H](N)C(=O)Oc1ccc([N+](=O)[O-])cc1)C(=O)OCc1ccccc1. The molecule has 0 aliphatic rings. The monoisotopic (exact) mass is 501 g/mol. The predicted molar refractivity (Wildman–Crippen MR) is 130 cm³/mol. The fraction of sp³-hybridized carbons (Fsp3) is 0.400. The second kappa shape index (κ2) is 13.2. The van der Waals surface area contributed by atoms with Crippen molar-refractivity contribution in [3.63, 3.8) is 0 Å². The quantitative estimate of drug-likeness (QED) is 0.162. The normalized spacial score (nSPS) is 11.8. The molecule has 0 aliphatic carbocycles. The van der Waals surface area contributed by atoms with Crippen LogP contribution in [0, 0.1) is 10.1 Å². The largest absolute Gasteiger partial charge is 0.444 e. The first-order valence-corrected chi connectivity index (χ1v) is 11.4. The lowest BCUT2D eigenvalue weighted by Crippen LogP contribution is -2.42. The Hall–Kier alpha value is -3.99. The summed E-state index contributed by atoms with van der Waals surface area (Å²) in [6.07, 6.45) is -0.690. The number of rotatable bonds is 10. The lowest BCUT2D eigenvalue weighted by molar-refractivity contribution is -0.384. The number of unbranched alkanes of at least 4 members (excludes halogenated alkanes) is 1. The number of hydrogen-bond acceptors (Lipinski definition) is 9. The van der Waals surface area contributed by atoms with E-state index in [2.05, 4.69) is 0 Å². The van der Waals surface area contributed by atoms with Gasteiger partial charge in [0.15, 0.2) is 0 Å². The van der Waals surface area contributed by atoms with Gasteiger partial charge in [0.2, 0.25) is 0 Å². The van der Waals surface area contributed by atoms with Crippen molar-refractivity contribution in [2.45, 2.75) is 58.3 Å². The standard InChI is InChI=1S/C25H31N3O8/c1-25(2,3)36-24(31)27(23(30)34-17-18-9-5-4-6-10-18)16-8-7-11-21(26)22(29)35-20-14-12-19(13-15-20)28(32)33/h4-6,9-10,12-15,21H,7-8,11,16-17,26H2,1-3H3/t21-/m0/s1. The summed E-state index contributed by atoms with van der Waals surface area (Å²) in [4.78, 5) is 48.4. The number of hydrogen-bond donors (Lipinski definition) is 1. The van der Waals surface area contributed by atoms with Crippen molar-refractivity contribution in [2.75, 3.05) is 6.54 Å². The first-order valence-electron chi connectivity index (χ1n) is 11.4. The van der Waals surface area contributed by atoms with Crippen LogP contribution < -0.4 is 10.5 Å². The number of nitrogens with zero attached hydrogens (tertiary/aromatic N) is 2. The summed E-state index contributed by atoms with van der Waals surface area (Å²) >= 11 is 0. The van der Waals surface area contributed by atoms with Crippen LogP contribution in [0.15, 0.2) is 54.6 Å². The maximum Gasteiger partial charge on any atom is 0.419 e. The van der Waals surface area contributed by atoms with Crippen LogP contribution in [0.5, 0.6) is 5.75 Å². The number of carbonyl (C=O) groups excluding carboxylic acids is 3. The van der Waals surface area contributed by atoms with E-state index >= 15 is 0 Å². The molecule has 194 valence electrons. The Labute approximate surface area is 209 Å². The third kappa shape index (κ3) is 9.71. The summed E-state index contributed by atoms with van der Waals surface area (Å²) in [6.45, 7) is 5.07. The highest BCUT2D eigenvalue weighted by Gasteiger charge is 2.28. The van der Waals surface area contributed by atoms with Crippen LogP contribution in [0.1, 0.15) is 45.6 Å². The summed E-state index contributed by atoms with van der Waals surface area (Å²) in [5.74, 6) is -0.562. The van der Waals surface area contributed by atoms with Gasteiger partial charge < -0.3 is 19.9 Å². The van der Waals surface area contributed by atoms with E-state index in [-0.39, 0.29) is 31.0 Å². The highest BCUT2D eigenvalue weighted by atomic mass is 16.6. The molecule has 0 radical (unpaired) electrons. The van der Waals surface area contributed by atoms with E-state index in [0.29, 0.717) is 12.8 Å². The topological polar surface area (TPSA) is 151 Å². The van der Waals surface area contributed by atoms with Crippen LogP contribution in [-0.4, -0.2) is 46.2 Å². The number of benzene rings is 2. The van der Waals surface area contributed by atoms with Gasteiger partial charge in [0.25, 0.3) is 5.69 Å². The summed E-state index contributed by atoms with van der Waals surface area (Å²) in [7, 11) is 0. The van der Waals surface area contributed by atoms with Gasteiger partial charge in [-0.3, -0.25) is 10.1 Å². The molecule has 2 aromatic rings. The average molecular weight is 502 g/mol. The molecule has 0 saturated heterocycles. The van der Waals surface area contributed by atoms with Crippen LogP contribution >= 0.6 is 0 Å². The van der Waals surface area contributed by atoms with Gasteiger partial charge in [0, 0.05) is 18.7 Å². The molecule has 0 bridgehead atoms. The number of carbonyl (C=O) groups is 3. The minimum absolute atomic E-state index is 0.00166. The molecule has 11 nitrogen and oxygen atoms in total. The maximum atomic E-state index is 12.6. The minimum Gasteiger partial charge on any atom is -0.444 e. The van der Waals surface area contributed by atoms with Crippen LogP contribution in [0.2, 0.25) is 0 Å². The molecule has 1 atom stereocenters. The Morgan fingerprint density at radius 3 is 2.22 bits per heavy atom. The number of esters is 1. The number of nitro groups is 1. The molecule has 0 saturated carbocycles. The van der Waals surface area contributed by atoms with Gasteiger partial charge in [0.1, 0.15) is 24.0 Å². The molecule has 2 rings (SSSR count). The van der Waals surface area contributed by atoms with Crippen LogP contribution in [0.25, 0.3) is 0 Å². The smallest absolute Gasteiger partial charge is 0.419 e. The van der Waals surface area contributed by atoms with Crippen molar-refractivity contribution in [3.8, 4) is 5.75 Å². The van der Waals surface area contributed by atoms with Crippen LogP contribution in [0.4, 0.5) is 15.3 Å². The minimum atomic E-state index is -0.958. The molecular weight excluding hydrogens is 470 g/mol.